The number of nitrogen functional groups attached to an aromatic ring is 1. The van der Waals surface area contributed by atoms with Crippen molar-refractivity contribution >= 4 is 27.1 Å². The van der Waals surface area contributed by atoms with Crippen LogP contribution in [-0.4, -0.2) is 39.0 Å². The van der Waals surface area contributed by atoms with Crippen molar-refractivity contribution in [3.8, 4) is 0 Å². The second-order valence-corrected chi connectivity index (χ2v) is 7.03. The molecule has 0 aliphatic heterocycles. The molecular weight excluding hydrogens is 299 g/mol. The predicted molar refractivity (Wildman–Crippen MR) is 79.2 cm³/mol. The van der Waals surface area contributed by atoms with E-state index >= 15 is 0 Å². The van der Waals surface area contributed by atoms with Crippen LogP contribution in [0, 0.1) is 5.82 Å². The van der Waals surface area contributed by atoms with Crippen molar-refractivity contribution in [1.82, 2.24) is 0 Å². The maximum Gasteiger partial charge on any atom is 0.242 e. The van der Waals surface area contributed by atoms with Gasteiger partial charge in [0.1, 0.15) is 11.1 Å². The van der Waals surface area contributed by atoms with Crippen LogP contribution >= 0.6 is 0 Å². The topological polar surface area (TPSA) is 98.5 Å². The van der Waals surface area contributed by atoms with Crippen LogP contribution in [0.4, 0.5) is 15.8 Å². The summed E-state index contributed by atoms with van der Waals surface area (Å²) in [5.41, 5.74) is 5.62. The largest absolute Gasteiger partial charge is 0.399 e. The van der Waals surface area contributed by atoms with Gasteiger partial charge in [0.2, 0.25) is 5.91 Å². The Bertz CT molecular complexity index is 604. The number of hydrogen-bond donors (Lipinski definition) is 2. The fraction of sp³-hybridized carbons (Fsp3) is 0.462. The Hall–Kier alpha value is -1.67. The van der Waals surface area contributed by atoms with Crippen LogP contribution in [-0.2, 0) is 19.4 Å². The van der Waals surface area contributed by atoms with E-state index in [4.69, 9.17) is 10.5 Å². The molecule has 0 aliphatic rings. The van der Waals surface area contributed by atoms with Gasteiger partial charge in [0.05, 0.1) is 11.4 Å². The molecule has 1 rings (SSSR count). The second kappa shape index (κ2) is 7.37. The average molecular weight is 318 g/mol. The molecule has 1 atom stereocenters. The minimum atomic E-state index is -3.62. The van der Waals surface area contributed by atoms with Gasteiger partial charge in [-0.3, -0.25) is 4.79 Å². The second-order valence-electron chi connectivity index (χ2n) is 4.58. The number of nitrogens with two attached hydrogens (primary N) is 1. The minimum Gasteiger partial charge on any atom is -0.399 e. The van der Waals surface area contributed by atoms with E-state index in [2.05, 4.69) is 5.32 Å². The molecule has 0 heterocycles. The fourth-order valence-corrected chi connectivity index (χ4v) is 2.88. The Kier molecular flexibility index (Phi) is 6.10. The Morgan fingerprint density at radius 3 is 2.76 bits per heavy atom. The van der Waals surface area contributed by atoms with Crippen molar-refractivity contribution in [2.75, 3.05) is 30.5 Å². The van der Waals surface area contributed by atoms with E-state index in [1.165, 1.54) is 26.2 Å². The molecule has 1 unspecified atom stereocenters. The highest BCUT2D eigenvalue weighted by Crippen LogP contribution is 2.18. The van der Waals surface area contributed by atoms with Gasteiger partial charge in [-0.05, 0) is 31.5 Å². The first-order valence-electron chi connectivity index (χ1n) is 6.34. The van der Waals surface area contributed by atoms with Crippen LogP contribution in [0.1, 0.15) is 13.3 Å². The zero-order chi connectivity index (χ0) is 16.0. The number of anilines is 2. The summed E-state index contributed by atoms with van der Waals surface area (Å²) in [4.78, 5) is 11.9. The Morgan fingerprint density at radius 1 is 1.48 bits per heavy atom. The third-order valence-corrected chi connectivity index (χ3v) is 5.08. The van der Waals surface area contributed by atoms with Gasteiger partial charge in [0.25, 0.3) is 0 Å². The number of halogens is 1. The van der Waals surface area contributed by atoms with Gasteiger partial charge in [-0.2, -0.15) is 0 Å². The molecule has 1 aromatic carbocycles. The van der Waals surface area contributed by atoms with Crippen molar-refractivity contribution in [3.63, 3.8) is 0 Å². The van der Waals surface area contributed by atoms with Crippen LogP contribution in [0.25, 0.3) is 0 Å². The summed E-state index contributed by atoms with van der Waals surface area (Å²) in [6.45, 7) is 1.55. The summed E-state index contributed by atoms with van der Waals surface area (Å²) in [6.07, 6.45) is 0.295. The first kappa shape index (κ1) is 17.4. The number of carbonyl (C=O) groups excluding carboxylic acids is 1. The number of carbonyl (C=O) groups is 1. The van der Waals surface area contributed by atoms with Crippen LogP contribution in [0.15, 0.2) is 18.2 Å². The molecule has 0 saturated carbocycles. The molecule has 1 amide bonds. The molecule has 0 aliphatic carbocycles. The monoisotopic (exact) mass is 318 g/mol. The summed E-state index contributed by atoms with van der Waals surface area (Å²) in [5.74, 6) is -1.65. The lowest BCUT2D eigenvalue weighted by Crippen LogP contribution is -2.34. The third kappa shape index (κ3) is 4.98. The predicted octanol–water partition coefficient (Wildman–Crippen LogP) is 1.19. The molecule has 21 heavy (non-hydrogen) atoms. The Morgan fingerprint density at radius 2 is 2.14 bits per heavy atom. The number of benzene rings is 1. The molecular formula is C13H19FN2O4S. The van der Waals surface area contributed by atoms with Gasteiger partial charge in [-0.25, -0.2) is 12.8 Å². The Labute approximate surface area is 123 Å². The van der Waals surface area contributed by atoms with Crippen molar-refractivity contribution in [2.24, 2.45) is 0 Å². The smallest absolute Gasteiger partial charge is 0.242 e. The summed E-state index contributed by atoms with van der Waals surface area (Å²) >= 11 is 0. The number of sulfone groups is 1. The lowest BCUT2D eigenvalue weighted by atomic mass is 10.2. The summed E-state index contributed by atoms with van der Waals surface area (Å²) in [5, 5.41) is 0.961. The van der Waals surface area contributed by atoms with Gasteiger partial charge in [0, 0.05) is 19.4 Å². The minimum absolute atomic E-state index is 0.140. The van der Waals surface area contributed by atoms with Gasteiger partial charge >= 0.3 is 0 Å². The van der Waals surface area contributed by atoms with Gasteiger partial charge < -0.3 is 15.8 Å². The number of methoxy groups -OCH3 is 1. The molecule has 8 heteroatoms. The molecule has 3 N–H and O–H groups in total. The van der Waals surface area contributed by atoms with Crippen LogP contribution in [0.3, 0.4) is 0 Å². The van der Waals surface area contributed by atoms with E-state index in [1.807, 2.05) is 0 Å². The highest BCUT2D eigenvalue weighted by atomic mass is 32.2. The molecule has 0 radical (unpaired) electrons. The Balaban J connectivity index is 2.76. The average Bonchev–Trinajstić information content (AvgIpc) is 2.42. The fourth-order valence-electron chi connectivity index (χ4n) is 1.62. The van der Waals surface area contributed by atoms with E-state index in [1.54, 1.807) is 0 Å². The number of rotatable bonds is 7. The molecule has 1 aromatic rings. The zero-order valence-electron chi connectivity index (χ0n) is 11.9. The molecule has 118 valence electrons. The van der Waals surface area contributed by atoms with E-state index in [9.17, 15) is 17.6 Å². The van der Waals surface area contributed by atoms with E-state index in [-0.39, 0.29) is 23.7 Å². The van der Waals surface area contributed by atoms with Gasteiger partial charge in [-0.1, -0.05) is 0 Å². The molecule has 0 aromatic heterocycles. The van der Waals surface area contributed by atoms with Crippen molar-refractivity contribution in [1.29, 1.82) is 0 Å². The van der Waals surface area contributed by atoms with Crippen molar-refractivity contribution in [2.45, 2.75) is 18.6 Å². The first-order valence-corrected chi connectivity index (χ1v) is 8.06. The van der Waals surface area contributed by atoms with Crippen LogP contribution in [0.2, 0.25) is 0 Å². The SMILES string of the molecule is COCCCS(=O)(=O)C(C)C(=O)Nc1cc(N)ccc1F. The number of amides is 1. The molecule has 0 fully saturated rings. The van der Waals surface area contributed by atoms with E-state index < -0.39 is 26.8 Å². The van der Waals surface area contributed by atoms with E-state index in [0.717, 1.165) is 6.07 Å². The third-order valence-electron chi connectivity index (χ3n) is 2.93. The van der Waals surface area contributed by atoms with Gasteiger partial charge in [0.15, 0.2) is 9.84 Å². The zero-order valence-corrected chi connectivity index (χ0v) is 12.7. The van der Waals surface area contributed by atoms with Gasteiger partial charge in [-0.15, -0.1) is 0 Å². The summed E-state index contributed by atoms with van der Waals surface area (Å²) < 4.78 is 42.2. The number of hydrogen-bond acceptors (Lipinski definition) is 5. The lowest BCUT2D eigenvalue weighted by molar-refractivity contribution is -0.115. The quantitative estimate of drug-likeness (QED) is 0.581. The first-order chi connectivity index (χ1) is 9.77. The van der Waals surface area contributed by atoms with Crippen LogP contribution < -0.4 is 11.1 Å². The maximum absolute atomic E-state index is 13.5. The number of nitrogens with one attached hydrogen (secondary N) is 1. The standard InChI is InChI=1S/C13H19FN2O4S/c1-9(21(18,19)7-3-6-20-2)13(17)16-12-8-10(15)4-5-11(12)14/h4-5,8-9H,3,6-7,15H2,1-2H3,(H,16,17). The lowest BCUT2D eigenvalue weighted by Gasteiger charge is -2.14. The highest BCUT2D eigenvalue weighted by molar-refractivity contribution is 7.92. The molecule has 0 spiro atoms. The molecule has 0 bridgehead atoms. The van der Waals surface area contributed by atoms with Crippen LogP contribution in [0.5, 0.6) is 0 Å². The molecule has 6 nitrogen and oxygen atoms in total. The van der Waals surface area contributed by atoms with Crippen molar-refractivity contribution in [3.05, 3.63) is 24.0 Å². The molecule has 0 saturated heterocycles. The normalized spacial score (nSPS) is 12.9. The number of ether oxygens (including phenoxy) is 1. The van der Waals surface area contributed by atoms with E-state index in [0.29, 0.717) is 6.42 Å². The summed E-state index contributed by atoms with van der Waals surface area (Å²) in [6, 6.07) is 3.68. The summed E-state index contributed by atoms with van der Waals surface area (Å²) in [7, 11) is -2.16. The highest BCUT2D eigenvalue weighted by Gasteiger charge is 2.28. The maximum atomic E-state index is 13.5. The van der Waals surface area contributed by atoms with Crippen molar-refractivity contribution < 1.29 is 22.3 Å².